The fourth-order valence-corrected chi connectivity index (χ4v) is 5.25. The number of thiocarbonyl (C=S) groups is 1. The van der Waals surface area contributed by atoms with E-state index in [9.17, 15) is 10.1 Å². The highest BCUT2D eigenvalue weighted by Gasteiger charge is 2.32. The van der Waals surface area contributed by atoms with E-state index in [0.29, 0.717) is 17.0 Å². The zero-order valence-electron chi connectivity index (χ0n) is 16.1. The van der Waals surface area contributed by atoms with E-state index in [1.807, 2.05) is 0 Å². The molecule has 146 valence electrons. The molecule has 3 rings (SSSR count). The van der Waals surface area contributed by atoms with Crippen LogP contribution in [0.25, 0.3) is 0 Å². The number of carbonyl (C=O) groups excluding carboxylic acids is 1. The molecule has 0 aliphatic heterocycles. The van der Waals surface area contributed by atoms with Crippen LogP contribution in [0.2, 0.25) is 0 Å². The molecule has 7 heteroatoms. The molecule has 1 aliphatic carbocycles. The van der Waals surface area contributed by atoms with E-state index in [2.05, 4.69) is 53.4 Å². The van der Waals surface area contributed by atoms with Gasteiger partial charge in [-0.2, -0.15) is 5.26 Å². The van der Waals surface area contributed by atoms with Crippen LogP contribution < -0.4 is 10.6 Å². The highest BCUT2D eigenvalue weighted by atomic mass is 79.9. The summed E-state index contributed by atoms with van der Waals surface area (Å²) < 4.78 is 0.904. The van der Waals surface area contributed by atoms with Crippen LogP contribution in [-0.2, 0) is 12.8 Å². The number of nitriles is 1. The number of nitrogens with one attached hydrogen (secondary N) is 2. The molecule has 0 saturated heterocycles. The van der Waals surface area contributed by atoms with Gasteiger partial charge in [0, 0.05) is 14.9 Å². The predicted molar refractivity (Wildman–Crippen MR) is 122 cm³/mol. The number of hydrogen-bond donors (Lipinski definition) is 2. The number of rotatable bonds is 2. The summed E-state index contributed by atoms with van der Waals surface area (Å²) in [6.45, 7) is 6.81. The van der Waals surface area contributed by atoms with Crippen LogP contribution in [0.4, 0.5) is 5.00 Å². The first-order valence-electron chi connectivity index (χ1n) is 9.11. The zero-order chi connectivity index (χ0) is 20.5. The summed E-state index contributed by atoms with van der Waals surface area (Å²) in [7, 11) is 0. The van der Waals surface area contributed by atoms with Crippen LogP contribution in [0.1, 0.15) is 53.6 Å². The van der Waals surface area contributed by atoms with Crippen molar-refractivity contribution in [1.29, 1.82) is 5.26 Å². The van der Waals surface area contributed by atoms with Gasteiger partial charge in [-0.05, 0) is 72.6 Å². The maximum Gasteiger partial charge on any atom is 0.257 e. The Morgan fingerprint density at radius 1 is 1.32 bits per heavy atom. The molecule has 0 bridgehead atoms. The Balaban J connectivity index is 1.73. The summed E-state index contributed by atoms with van der Waals surface area (Å²) in [4.78, 5) is 13.6. The SMILES string of the molecule is CC(C)(C)C1CCc2c(sc(NC(=S)NC(=O)c3ccc(Br)cc3)c2C#N)C1. The standard InChI is InChI=1S/C21H22BrN3OS2/c1-21(2,3)13-6-9-15-16(11-23)19(28-17(15)10-13)25-20(27)24-18(26)12-4-7-14(22)8-5-12/h4-5,7-8,13H,6,9-10H2,1-3H3,(H2,24,25,26,27). The van der Waals surface area contributed by atoms with Gasteiger partial charge < -0.3 is 5.32 Å². The molecule has 1 unspecified atom stereocenters. The first-order chi connectivity index (χ1) is 13.2. The molecule has 28 heavy (non-hydrogen) atoms. The lowest BCUT2D eigenvalue weighted by atomic mass is 9.72. The third kappa shape index (κ3) is 4.62. The van der Waals surface area contributed by atoms with Crippen LogP contribution in [0.3, 0.4) is 0 Å². The third-order valence-electron chi connectivity index (χ3n) is 5.16. The van der Waals surface area contributed by atoms with Crippen molar-refractivity contribution in [1.82, 2.24) is 5.32 Å². The Kier molecular flexibility index (Phi) is 6.23. The first kappa shape index (κ1) is 21.0. The Morgan fingerprint density at radius 3 is 2.61 bits per heavy atom. The molecule has 0 spiro atoms. The fourth-order valence-electron chi connectivity index (χ4n) is 3.44. The maximum atomic E-state index is 12.3. The molecule has 1 aliphatic rings. The molecular weight excluding hydrogens is 454 g/mol. The van der Waals surface area contributed by atoms with Gasteiger partial charge in [-0.1, -0.05) is 36.7 Å². The lowest BCUT2D eigenvalue weighted by molar-refractivity contribution is 0.0977. The number of thiophene rings is 1. The monoisotopic (exact) mass is 475 g/mol. The van der Waals surface area contributed by atoms with E-state index in [-0.39, 0.29) is 16.4 Å². The van der Waals surface area contributed by atoms with Gasteiger partial charge in [0.05, 0.1) is 5.56 Å². The van der Waals surface area contributed by atoms with Gasteiger partial charge in [0.25, 0.3) is 5.91 Å². The van der Waals surface area contributed by atoms with Crippen molar-refractivity contribution in [3.8, 4) is 6.07 Å². The van der Waals surface area contributed by atoms with Crippen LogP contribution >= 0.6 is 39.5 Å². The van der Waals surface area contributed by atoms with Gasteiger partial charge in [0.2, 0.25) is 0 Å². The summed E-state index contributed by atoms with van der Waals surface area (Å²) in [6.07, 6.45) is 2.99. The van der Waals surface area contributed by atoms with Crippen molar-refractivity contribution in [2.45, 2.75) is 40.0 Å². The van der Waals surface area contributed by atoms with E-state index in [1.54, 1.807) is 35.6 Å². The maximum absolute atomic E-state index is 12.3. The number of amides is 1. The first-order valence-corrected chi connectivity index (χ1v) is 11.1. The van der Waals surface area contributed by atoms with Crippen LogP contribution in [0, 0.1) is 22.7 Å². The number of anilines is 1. The fraction of sp³-hybridized carbons (Fsp3) is 0.381. The highest BCUT2D eigenvalue weighted by Crippen LogP contribution is 2.43. The van der Waals surface area contributed by atoms with Crippen LogP contribution in [0.15, 0.2) is 28.7 Å². The van der Waals surface area contributed by atoms with Crippen LogP contribution in [-0.4, -0.2) is 11.0 Å². The van der Waals surface area contributed by atoms with Crippen LogP contribution in [0.5, 0.6) is 0 Å². The average molecular weight is 476 g/mol. The molecule has 1 aromatic heterocycles. The van der Waals surface area contributed by atoms with E-state index >= 15 is 0 Å². The Morgan fingerprint density at radius 2 is 2.00 bits per heavy atom. The number of carbonyl (C=O) groups is 1. The molecule has 4 nitrogen and oxygen atoms in total. The Hall–Kier alpha value is -1.75. The van der Waals surface area contributed by atoms with Crippen molar-refractivity contribution < 1.29 is 4.79 Å². The van der Waals surface area contributed by atoms with Crippen molar-refractivity contribution >= 4 is 55.5 Å². The molecule has 1 atom stereocenters. The topological polar surface area (TPSA) is 64.9 Å². The summed E-state index contributed by atoms with van der Waals surface area (Å²) in [5.41, 5.74) is 2.56. The molecule has 1 aromatic carbocycles. The minimum absolute atomic E-state index is 0.204. The van der Waals surface area contributed by atoms with E-state index in [1.165, 1.54) is 4.88 Å². The van der Waals surface area contributed by atoms with Gasteiger partial charge in [-0.25, -0.2) is 0 Å². The summed E-state index contributed by atoms with van der Waals surface area (Å²) in [6, 6.07) is 9.37. The molecule has 2 N–H and O–H groups in total. The molecular formula is C21H22BrN3OS2. The minimum atomic E-state index is -0.280. The number of nitrogens with zero attached hydrogens (tertiary/aromatic N) is 1. The number of fused-ring (bicyclic) bond motifs is 1. The second kappa shape index (κ2) is 8.32. The van der Waals surface area contributed by atoms with Gasteiger partial charge >= 0.3 is 0 Å². The van der Waals surface area contributed by atoms with Gasteiger partial charge in [0.1, 0.15) is 11.1 Å². The van der Waals surface area contributed by atoms with Crippen molar-refractivity contribution in [2.24, 2.45) is 11.3 Å². The average Bonchev–Trinajstić information content (AvgIpc) is 2.97. The molecule has 2 aromatic rings. The van der Waals surface area contributed by atoms with Crippen molar-refractivity contribution in [2.75, 3.05) is 5.32 Å². The normalized spacial score (nSPS) is 16.0. The molecule has 1 heterocycles. The number of hydrogen-bond acceptors (Lipinski definition) is 4. The van der Waals surface area contributed by atoms with E-state index < -0.39 is 0 Å². The minimum Gasteiger partial charge on any atom is -0.323 e. The third-order valence-corrected chi connectivity index (χ3v) is 7.06. The number of benzene rings is 1. The predicted octanol–water partition coefficient (Wildman–Crippen LogP) is 5.66. The van der Waals surface area contributed by atoms with E-state index in [4.69, 9.17) is 12.2 Å². The van der Waals surface area contributed by atoms with Gasteiger partial charge in [0.15, 0.2) is 5.11 Å². The zero-order valence-corrected chi connectivity index (χ0v) is 19.3. The van der Waals surface area contributed by atoms with Gasteiger partial charge in [-0.3, -0.25) is 10.1 Å². The summed E-state index contributed by atoms with van der Waals surface area (Å²) in [5, 5.41) is 16.4. The quantitative estimate of drug-likeness (QED) is 0.549. The smallest absolute Gasteiger partial charge is 0.257 e. The van der Waals surface area contributed by atoms with E-state index in [0.717, 1.165) is 34.3 Å². The molecule has 0 fully saturated rings. The highest BCUT2D eigenvalue weighted by molar-refractivity contribution is 9.10. The second-order valence-corrected chi connectivity index (χ2v) is 10.5. The van der Waals surface area contributed by atoms with Crippen molar-refractivity contribution in [3.05, 3.63) is 50.3 Å². The lowest BCUT2D eigenvalue weighted by Gasteiger charge is -2.33. The second-order valence-electron chi connectivity index (χ2n) is 8.04. The largest absolute Gasteiger partial charge is 0.323 e. The Labute approximate surface area is 183 Å². The molecule has 1 amide bonds. The van der Waals surface area contributed by atoms with Gasteiger partial charge in [-0.15, -0.1) is 11.3 Å². The summed E-state index contributed by atoms with van der Waals surface area (Å²) >= 11 is 10.2. The van der Waals surface area contributed by atoms with Crippen molar-refractivity contribution in [3.63, 3.8) is 0 Å². The Bertz CT molecular complexity index is 952. The molecule has 0 saturated carbocycles. The molecule has 0 radical (unpaired) electrons. The number of halogens is 1. The lowest BCUT2D eigenvalue weighted by Crippen LogP contribution is -2.34. The summed E-state index contributed by atoms with van der Waals surface area (Å²) in [5.74, 6) is 0.319.